The van der Waals surface area contributed by atoms with Crippen LogP contribution < -0.4 is 14.8 Å². The number of hydrogen-bond donors (Lipinski definition) is 0. The Labute approximate surface area is 318 Å². The fraction of sp³-hybridized carbons (Fsp3) is 0.163. The Morgan fingerprint density at radius 1 is 0.765 bits per heavy atom. The zero-order valence-electron chi connectivity index (χ0n) is 29.3. The molecule has 4 heterocycles. The first kappa shape index (κ1) is 34.7. The van der Waals surface area contributed by atoms with Gasteiger partial charge in [-0.2, -0.15) is 0 Å². The Morgan fingerprint density at radius 3 is 2.24 bits per heavy atom. The number of nitrogens with zero attached hydrogens (tertiary/aromatic N) is 5. The second-order valence-corrected chi connectivity index (χ2v) is 14.3. The van der Waals surface area contributed by atoms with Crippen LogP contribution in [0.25, 0.3) is 43.9 Å². The fourth-order valence-corrected chi connectivity index (χ4v) is 8.13. The molecule has 5 nitrogen and oxygen atoms in total. The molecule has 3 aromatic heterocycles. The number of thiophene rings is 1. The van der Waals surface area contributed by atoms with E-state index in [0.29, 0.717) is 11.8 Å². The largest absolute Gasteiger partial charge is 3.00 e. The maximum absolute atomic E-state index is 4.66. The zero-order chi connectivity index (χ0) is 34.4. The number of benzene rings is 5. The molecule has 8 heteroatoms. The molecule has 0 N–H and O–H groups in total. The van der Waals surface area contributed by atoms with Gasteiger partial charge in [-0.05, 0) is 53.0 Å². The summed E-state index contributed by atoms with van der Waals surface area (Å²) >= 11 is 1.74. The average Bonchev–Trinajstić information content (AvgIpc) is 3.90. The second kappa shape index (κ2) is 14.5. The second-order valence-electron chi connectivity index (χ2n) is 13.4. The number of anilines is 1. The van der Waals surface area contributed by atoms with Gasteiger partial charge in [0.1, 0.15) is 0 Å². The summed E-state index contributed by atoms with van der Waals surface area (Å²) in [6, 6.07) is 44.6. The molecule has 0 unspecified atom stereocenters. The minimum atomic E-state index is 0. The summed E-state index contributed by atoms with van der Waals surface area (Å²) in [5.41, 5.74) is 11.0. The van der Waals surface area contributed by atoms with E-state index in [1.54, 1.807) is 11.3 Å². The van der Waals surface area contributed by atoms with Crippen LogP contribution >= 0.6 is 11.3 Å². The van der Waals surface area contributed by atoms with Crippen LogP contribution in [0, 0.1) is 18.5 Å². The molecular weight excluding hydrogens is 822 g/mol. The number of aromatic nitrogens is 4. The average molecular weight is 860 g/mol. The zero-order valence-corrected chi connectivity index (χ0v) is 32.5. The van der Waals surface area contributed by atoms with E-state index in [2.05, 4.69) is 173 Å². The standard InChI is InChI=1S/C22H25BN3.C21H13N2S.Ir/c1-15(2)17-10-8-11-18(16(3)4)21(17)23-25(5)20-12-7-6-9-19(20)22-24-13-14-26(22)23;1-2-8-16(9-3-1)22-15-23(19-12-6-5-11-18(19)22)20-14-24-21-13-7-4-10-17(20)21;/h6-8,10-16H,1-5H3;1-9,11-14H;/q2*-1;+3. The molecule has 252 valence electrons. The molecule has 0 radical (unpaired) electrons. The minimum Gasteiger partial charge on any atom is -0.436 e. The number of fused-ring (bicyclic) bond motifs is 5. The van der Waals surface area contributed by atoms with Crippen molar-refractivity contribution < 1.29 is 24.7 Å². The van der Waals surface area contributed by atoms with E-state index in [0.717, 1.165) is 39.2 Å². The van der Waals surface area contributed by atoms with Crippen molar-refractivity contribution in [1.29, 1.82) is 0 Å². The van der Waals surface area contributed by atoms with Crippen LogP contribution in [0.1, 0.15) is 50.7 Å². The maximum Gasteiger partial charge on any atom is 3.00 e. The van der Waals surface area contributed by atoms with Crippen LogP contribution in [0.15, 0.2) is 127 Å². The molecule has 51 heavy (non-hydrogen) atoms. The molecule has 9 rings (SSSR count). The third kappa shape index (κ3) is 6.16. The van der Waals surface area contributed by atoms with Gasteiger partial charge in [-0.25, -0.2) is 11.3 Å². The summed E-state index contributed by atoms with van der Waals surface area (Å²) in [6.45, 7) is 9.22. The van der Waals surface area contributed by atoms with Crippen LogP contribution in [-0.4, -0.2) is 28.1 Å². The first-order valence-electron chi connectivity index (χ1n) is 17.2. The van der Waals surface area contributed by atoms with Crippen LogP contribution in [0.2, 0.25) is 0 Å². The first-order chi connectivity index (χ1) is 24.4. The molecule has 0 saturated carbocycles. The molecule has 0 aliphatic carbocycles. The van der Waals surface area contributed by atoms with Gasteiger partial charge >= 0.3 is 27.1 Å². The molecule has 0 spiro atoms. The van der Waals surface area contributed by atoms with Crippen molar-refractivity contribution in [2.45, 2.75) is 39.5 Å². The van der Waals surface area contributed by atoms with E-state index < -0.39 is 0 Å². The van der Waals surface area contributed by atoms with Gasteiger partial charge in [-0.15, -0.1) is 48.5 Å². The molecular formula is C43H38BIrN5S+. The minimum absolute atomic E-state index is 0. The van der Waals surface area contributed by atoms with Gasteiger partial charge < -0.3 is 9.29 Å². The quantitative estimate of drug-likeness (QED) is 0.0984. The van der Waals surface area contributed by atoms with Gasteiger partial charge in [0.2, 0.25) is 0 Å². The number of rotatable bonds is 5. The van der Waals surface area contributed by atoms with Gasteiger partial charge in [0.25, 0.3) is 6.33 Å². The Bertz CT molecular complexity index is 2420. The van der Waals surface area contributed by atoms with Crippen molar-refractivity contribution in [1.82, 2.24) is 14.0 Å². The van der Waals surface area contributed by atoms with E-state index in [-0.39, 0.29) is 27.1 Å². The molecule has 0 amide bonds. The Balaban J connectivity index is 0.000000157. The van der Waals surface area contributed by atoms with E-state index in [4.69, 9.17) is 0 Å². The summed E-state index contributed by atoms with van der Waals surface area (Å²) in [4.78, 5) is 7.03. The third-order valence-electron chi connectivity index (χ3n) is 9.60. The SMILES string of the molecule is CC(C)c1cccc(C(C)C)c1B1N(C)c2ccc[c-]c2-c2nccn21.[Ir+3].[c-]1cccc2scc(-n3[c-][n+](-c4ccccc4)c4ccccc43)c12. The summed E-state index contributed by atoms with van der Waals surface area (Å²) in [5.74, 6) is 1.93. The van der Waals surface area contributed by atoms with Crippen LogP contribution in [-0.2, 0) is 20.1 Å². The Kier molecular flexibility index (Phi) is 9.84. The van der Waals surface area contributed by atoms with Crippen LogP contribution in [0.5, 0.6) is 0 Å². The Morgan fingerprint density at radius 2 is 1.47 bits per heavy atom. The fourth-order valence-electron chi connectivity index (χ4n) is 7.23. The van der Waals surface area contributed by atoms with Gasteiger partial charge in [-0.1, -0.05) is 110 Å². The number of imidazole rings is 2. The number of para-hydroxylation sites is 3. The van der Waals surface area contributed by atoms with Gasteiger partial charge in [0, 0.05) is 18.2 Å². The first-order valence-corrected chi connectivity index (χ1v) is 18.1. The smallest absolute Gasteiger partial charge is 0.436 e. The topological polar surface area (TPSA) is 29.9 Å². The predicted molar refractivity (Wildman–Crippen MR) is 208 cm³/mol. The van der Waals surface area contributed by atoms with Gasteiger partial charge in [0.15, 0.2) is 0 Å². The molecule has 8 aromatic rings. The number of hydrogen-bond acceptors (Lipinski definition) is 3. The molecule has 1 aliphatic heterocycles. The van der Waals surface area contributed by atoms with Crippen molar-refractivity contribution in [2.75, 3.05) is 11.9 Å². The van der Waals surface area contributed by atoms with Crippen molar-refractivity contribution >= 4 is 50.6 Å². The molecule has 5 aromatic carbocycles. The summed E-state index contributed by atoms with van der Waals surface area (Å²) in [7, 11) is 2.18. The van der Waals surface area contributed by atoms with E-state index >= 15 is 0 Å². The maximum atomic E-state index is 4.66. The van der Waals surface area contributed by atoms with Crippen molar-refractivity contribution in [2.24, 2.45) is 0 Å². The van der Waals surface area contributed by atoms with Gasteiger partial charge in [-0.3, -0.25) is 14.1 Å². The van der Waals surface area contributed by atoms with E-state index in [1.807, 2.05) is 30.5 Å². The predicted octanol–water partition coefficient (Wildman–Crippen LogP) is 9.01. The molecule has 0 bridgehead atoms. The van der Waals surface area contributed by atoms with Crippen molar-refractivity contribution in [3.8, 4) is 22.8 Å². The summed E-state index contributed by atoms with van der Waals surface area (Å²) < 4.78 is 7.79. The summed E-state index contributed by atoms with van der Waals surface area (Å²) in [6.07, 6.45) is 7.52. The van der Waals surface area contributed by atoms with Crippen molar-refractivity contribution in [3.63, 3.8) is 0 Å². The van der Waals surface area contributed by atoms with Gasteiger partial charge in [0.05, 0.1) is 22.4 Å². The molecule has 0 saturated heterocycles. The Hall–Kier alpha value is -4.75. The van der Waals surface area contributed by atoms with E-state index in [1.165, 1.54) is 27.0 Å². The summed E-state index contributed by atoms with van der Waals surface area (Å²) in [5, 5.41) is 3.32. The molecule has 0 atom stereocenters. The van der Waals surface area contributed by atoms with E-state index in [9.17, 15) is 0 Å². The molecule has 1 aliphatic rings. The van der Waals surface area contributed by atoms with Crippen LogP contribution in [0.4, 0.5) is 5.69 Å². The third-order valence-corrected chi connectivity index (χ3v) is 10.5. The molecule has 0 fully saturated rings. The normalized spacial score (nSPS) is 12.1. The van der Waals surface area contributed by atoms with Crippen molar-refractivity contribution in [3.05, 3.63) is 157 Å². The van der Waals surface area contributed by atoms with Crippen LogP contribution in [0.3, 0.4) is 0 Å². The monoisotopic (exact) mass is 860 g/mol.